The van der Waals surface area contributed by atoms with Gasteiger partial charge < -0.3 is 10.6 Å². The second kappa shape index (κ2) is 6.10. The lowest BCUT2D eigenvalue weighted by atomic mass is 9.89. The largest absolute Gasteiger partial charge is 0.311 e. The lowest BCUT2D eigenvalue weighted by Crippen LogP contribution is -2.47. The van der Waals surface area contributed by atoms with Crippen LogP contribution >= 0.6 is 0 Å². The van der Waals surface area contributed by atoms with Gasteiger partial charge in [0.15, 0.2) is 0 Å². The predicted molar refractivity (Wildman–Crippen MR) is 89.7 cm³/mol. The van der Waals surface area contributed by atoms with Crippen molar-refractivity contribution in [2.24, 2.45) is 0 Å². The van der Waals surface area contributed by atoms with Gasteiger partial charge in [0.2, 0.25) is 0 Å². The summed E-state index contributed by atoms with van der Waals surface area (Å²) in [7, 11) is 0. The molecule has 2 aliphatic carbocycles. The quantitative estimate of drug-likeness (QED) is 0.879. The second-order valence-corrected chi connectivity index (χ2v) is 7.97. The Bertz CT molecular complexity index is 440. The van der Waals surface area contributed by atoms with E-state index in [-0.39, 0.29) is 5.54 Å². The summed E-state index contributed by atoms with van der Waals surface area (Å²) in [5.41, 5.74) is 1.76. The molecule has 0 heterocycles. The van der Waals surface area contributed by atoms with Crippen LogP contribution in [0.25, 0.3) is 0 Å². The van der Waals surface area contributed by atoms with Gasteiger partial charge >= 0.3 is 0 Å². The average Bonchev–Trinajstić information content (AvgIpc) is 3.20. The van der Waals surface area contributed by atoms with Crippen LogP contribution in [-0.2, 0) is 0 Å². The Morgan fingerprint density at radius 2 is 1.52 bits per heavy atom. The van der Waals surface area contributed by atoms with E-state index in [2.05, 4.69) is 61.7 Å². The molecular formula is C19H30N2. The molecule has 21 heavy (non-hydrogen) atoms. The minimum absolute atomic E-state index is 0.250. The van der Waals surface area contributed by atoms with E-state index in [1.165, 1.54) is 37.7 Å². The summed E-state index contributed by atoms with van der Waals surface area (Å²) in [6.45, 7) is 6.81. The molecule has 1 aromatic carbocycles. The third-order valence-corrected chi connectivity index (χ3v) is 4.83. The third-order valence-electron chi connectivity index (χ3n) is 4.83. The molecule has 1 aromatic rings. The molecule has 0 aliphatic heterocycles. The molecule has 3 rings (SSSR count). The summed E-state index contributed by atoms with van der Waals surface area (Å²) in [4.78, 5) is 0. The van der Waals surface area contributed by atoms with E-state index < -0.39 is 0 Å². The molecule has 2 aliphatic rings. The van der Waals surface area contributed by atoms with Crippen LogP contribution in [0.2, 0.25) is 0 Å². The highest BCUT2D eigenvalue weighted by molar-refractivity contribution is 5.27. The molecule has 0 bridgehead atoms. The number of benzene rings is 1. The minimum Gasteiger partial charge on any atom is -0.311 e. The van der Waals surface area contributed by atoms with Crippen molar-refractivity contribution in [3.63, 3.8) is 0 Å². The van der Waals surface area contributed by atoms with Crippen LogP contribution in [0.5, 0.6) is 0 Å². The SMILES string of the molecule is CC(C)(C)NC1CCC(N[C@@H]2C[C@H]2c2ccccc2)CC1. The van der Waals surface area contributed by atoms with Gasteiger partial charge in [0.25, 0.3) is 0 Å². The summed E-state index contributed by atoms with van der Waals surface area (Å²) >= 11 is 0. The topological polar surface area (TPSA) is 24.1 Å². The Kier molecular flexibility index (Phi) is 4.37. The summed E-state index contributed by atoms with van der Waals surface area (Å²) < 4.78 is 0. The molecule has 0 saturated heterocycles. The average molecular weight is 286 g/mol. The van der Waals surface area contributed by atoms with Crippen LogP contribution in [-0.4, -0.2) is 23.7 Å². The summed E-state index contributed by atoms with van der Waals surface area (Å²) in [5.74, 6) is 0.761. The van der Waals surface area contributed by atoms with E-state index in [0.717, 1.165) is 18.0 Å². The Balaban J connectivity index is 1.41. The minimum atomic E-state index is 0.250. The van der Waals surface area contributed by atoms with E-state index in [9.17, 15) is 0 Å². The summed E-state index contributed by atoms with van der Waals surface area (Å²) in [5, 5.41) is 7.65. The lowest BCUT2D eigenvalue weighted by molar-refractivity contribution is 0.260. The maximum atomic E-state index is 3.90. The normalized spacial score (nSPS) is 32.9. The van der Waals surface area contributed by atoms with Gasteiger partial charge in [-0.05, 0) is 58.4 Å². The molecule has 2 fully saturated rings. The fraction of sp³-hybridized carbons (Fsp3) is 0.684. The first-order valence-electron chi connectivity index (χ1n) is 8.60. The Morgan fingerprint density at radius 3 is 2.14 bits per heavy atom. The van der Waals surface area contributed by atoms with Crippen molar-refractivity contribution in [3.05, 3.63) is 35.9 Å². The van der Waals surface area contributed by atoms with Crippen LogP contribution in [0.3, 0.4) is 0 Å². The zero-order valence-electron chi connectivity index (χ0n) is 13.7. The van der Waals surface area contributed by atoms with Crippen LogP contribution < -0.4 is 10.6 Å². The fourth-order valence-corrected chi connectivity index (χ4v) is 3.77. The Morgan fingerprint density at radius 1 is 0.905 bits per heavy atom. The van der Waals surface area contributed by atoms with Gasteiger partial charge in [-0.1, -0.05) is 30.3 Å². The monoisotopic (exact) mass is 286 g/mol. The third kappa shape index (κ3) is 4.31. The van der Waals surface area contributed by atoms with Crippen molar-refractivity contribution in [1.82, 2.24) is 10.6 Å². The van der Waals surface area contributed by atoms with Crippen LogP contribution in [0.15, 0.2) is 30.3 Å². The van der Waals surface area contributed by atoms with Crippen molar-refractivity contribution in [1.29, 1.82) is 0 Å². The van der Waals surface area contributed by atoms with Crippen molar-refractivity contribution >= 4 is 0 Å². The van der Waals surface area contributed by atoms with Gasteiger partial charge in [0.05, 0.1) is 0 Å². The van der Waals surface area contributed by atoms with Gasteiger partial charge in [-0.2, -0.15) is 0 Å². The zero-order chi connectivity index (χ0) is 14.9. The standard InChI is InChI=1S/C19H30N2/c1-19(2,3)21-16-11-9-15(10-12-16)20-18-13-17(18)14-7-5-4-6-8-14/h4-8,15-18,20-21H,9-13H2,1-3H3/t15?,16?,17-,18+/m0/s1. The first-order chi connectivity index (χ1) is 10.0. The van der Waals surface area contributed by atoms with Gasteiger partial charge in [0.1, 0.15) is 0 Å². The zero-order valence-corrected chi connectivity index (χ0v) is 13.7. The summed E-state index contributed by atoms with van der Waals surface area (Å²) in [6.07, 6.45) is 6.61. The van der Waals surface area contributed by atoms with E-state index in [0.29, 0.717) is 6.04 Å². The van der Waals surface area contributed by atoms with E-state index in [1.54, 1.807) is 0 Å². The highest BCUT2D eigenvalue weighted by atomic mass is 15.0. The van der Waals surface area contributed by atoms with Crippen LogP contribution in [0.4, 0.5) is 0 Å². The molecular weight excluding hydrogens is 256 g/mol. The maximum absolute atomic E-state index is 3.90. The van der Waals surface area contributed by atoms with Crippen LogP contribution in [0, 0.1) is 0 Å². The van der Waals surface area contributed by atoms with E-state index in [1.807, 2.05) is 0 Å². The first kappa shape index (κ1) is 15.1. The van der Waals surface area contributed by atoms with Gasteiger partial charge in [0, 0.05) is 29.6 Å². The number of hydrogen-bond acceptors (Lipinski definition) is 2. The number of rotatable bonds is 4. The van der Waals surface area contributed by atoms with Crippen LogP contribution in [0.1, 0.15) is 64.4 Å². The van der Waals surface area contributed by atoms with Gasteiger partial charge in [-0.15, -0.1) is 0 Å². The Hall–Kier alpha value is -0.860. The smallest absolute Gasteiger partial charge is 0.0145 e. The maximum Gasteiger partial charge on any atom is 0.0145 e. The molecule has 0 unspecified atom stereocenters. The summed E-state index contributed by atoms with van der Waals surface area (Å²) in [6, 6.07) is 13.2. The number of hydrogen-bond donors (Lipinski definition) is 2. The van der Waals surface area contributed by atoms with Gasteiger partial charge in [-0.25, -0.2) is 0 Å². The molecule has 2 nitrogen and oxygen atoms in total. The molecule has 116 valence electrons. The molecule has 2 heteroatoms. The predicted octanol–water partition coefficient (Wildman–Crippen LogP) is 3.83. The van der Waals surface area contributed by atoms with E-state index >= 15 is 0 Å². The van der Waals surface area contributed by atoms with E-state index in [4.69, 9.17) is 0 Å². The molecule has 0 spiro atoms. The molecule has 0 aromatic heterocycles. The van der Waals surface area contributed by atoms with Gasteiger partial charge in [-0.3, -0.25) is 0 Å². The van der Waals surface area contributed by atoms with Crippen molar-refractivity contribution in [2.75, 3.05) is 0 Å². The molecule has 0 amide bonds. The molecule has 0 radical (unpaired) electrons. The highest BCUT2D eigenvalue weighted by Gasteiger charge is 2.39. The van der Waals surface area contributed by atoms with Crippen molar-refractivity contribution in [2.45, 2.75) is 82.5 Å². The molecule has 2 N–H and O–H groups in total. The highest BCUT2D eigenvalue weighted by Crippen LogP contribution is 2.41. The first-order valence-corrected chi connectivity index (χ1v) is 8.60. The van der Waals surface area contributed by atoms with Crippen molar-refractivity contribution < 1.29 is 0 Å². The Labute approximate surface area is 129 Å². The molecule has 2 saturated carbocycles. The second-order valence-electron chi connectivity index (χ2n) is 7.97. The molecule has 2 atom stereocenters. The number of nitrogens with one attached hydrogen (secondary N) is 2. The van der Waals surface area contributed by atoms with Crippen molar-refractivity contribution in [3.8, 4) is 0 Å². The fourth-order valence-electron chi connectivity index (χ4n) is 3.77. The lowest BCUT2D eigenvalue weighted by Gasteiger charge is -2.34.